The summed E-state index contributed by atoms with van der Waals surface area (Å²) >= 11 is 0. The first kappa shape index (κ1) is 11.8. The molecule has 1 aliphatic carbocycles. The quantitative estimate of drug-likeness (QED) is 0.629. The maximum atomic E-state index is 10.9. The van der Waals surface area contributed by atoms with Crippen molar-refractivity contribution >= 4 is 11.5 Å². The minimum atomic E-state index is -0.383. The van der Waals surface area contributed by atoms with E-state index in [-0.39, 0.29) is 10.6 Å². The lowest BCUT2D eigenvalue weighted by atomic mass is 10.2. The van der Waals surface area contributed by atoms with Gasteiger partial charge in [0.05, 0.1) is 4.92 Å². The van der Waals surface area contributed by atoms with Gasteiger partial charge in [0.1, 0.15) is 0 Å². The highest BCUT2D eigenvalue weighted by atomic mass is 16.6. The van der Waals surface area contributed by atoms with Crippen LogP contribution in [0, 0.1) is 23.0 Å². The smallest absolute Gasteiger partial charge is 0.311 e. The summed E-state index contributed by atoms with van der Waals surface area (Å²) in [5.74, 6) is 1.07. The van der Waals surface area contributed by atoms with Gasteiger partial charge in [0.15, 0.2) is 0 Å². The Balaban J connectivity index is 2.10. The number of nitrogens with zero attached hydrogens (tertiary/aromatic N) is 2. The first-order chi connectivity index (χ1) is 8.11. The zero-order chi connectivity index (χ0) is 12.4. The molecule has 0 aliphatic heterocycles. The summed E-state index contributed by atoms with van der Waals surface area (Å²) in [5.41, 5.74) is 0.864. The lowest BCUT2D eigenvalue weighted by Crippen LogP contribution is -2.09. The number of nitrogens with one attached hydrogen (secondary N) is 1. The number of nitro groups is 1. The van der Waals surface area contributed by atoms with Gasteiger partial charge in [0.2, 0.25) is 5.82 Å². The molecule has 0 radical (unpaired) electrons. The van der Waals surface area contributed by atoms with Crippen molar-refractivity contribution in [1.82, 2.24) is 4.98 Å². The van der Waals surface area contributed by atoms with E-state index in [1.807, 2.05) is 6.92 Å². The second-order valence-corrected chi connectivity index (χ2v) is 4.61. The Labute approximate surface area is 100 Å². The van der Waals surface area contributed by atoms with Crippen LogP contribution in [0.3, 0.4) is 0 Å². The van der Waals surface area contributed by atoms with Gasteiger partial charge < -0.3 is 5.32 Å². The van der Waals surface area contributed by atoms with E-state index in [1.165, 1.54) is 12.5 Å². The highest BCUT2D eigenvalue weighted by molar-refractivity contribution is 5.57. The Kier molecular flexibility index (Phi) is 3.26. The second-order valence-electron chi connectivity index (χ2n) is 4.61. The maximum Gasteiger partial charge on any atom is 0.311 e. The van der Waals surface area contributed by atoms with Crippen LogP contribution in [-0.2, 0) is 0 Å². The van der Waals surface area contributed by atoms with Crippen molar-refractivity contribution in [2.24, 2.45) is 5.92 Å². The Hall–Kier alpha value is -1.65. The molecular weight excluding hydrogens is 218 g/mol. The summed E-state index contributed by atoms with van der Waals surface area (Å²) in [6.07, 6.45) is 3.43. The third-order valence-corrected chi connectivity index (χ3v) is 3.11. The predicted molar refractivity (Wildman–Crippen MR) is 66.1 cm³/mol. The van der Waals surface area contributed by atoms with E-state index in [2.05, 4.69) is 17.2 Å². The number of rotatable bonds is 5. The number of anilines is 1. The van der Waals surface area contributed by atoms with E-state index in [0.29, 0.717) is 17.8 Å². The molecule has 1 aromatic heterocycles. The summed E-state index contributed by atoms with van der Waals surface area (Å²) in [7, 11) is 0. The molecule has 2 unspecified atom stereocenters. The van der Waals surface area contributed by atoms with Crippen LogP contribution >= 0.6 is 0 Å². The normalized spacial score (nSPS) is 22.2. The Bertz CT molecular complexity index is 434. The molecule has 0 bridgehead atoms. The first-order valence-electron chi connectivity index (χ1n) is 6.00. The fourth-order valence-electron chi connectivity index (χ4n) is 2.09. The molecule has 92 valence electrons. The van der Waals surface area contributed by atoms with Gasteiger partial charge in [-0.25, -0.2) is 4.98 Å². The zero-order valence-corrected chi connectivity index (χ0v) is 10.1. The molecule has 5 nitrogen and oxygen atoms in total. The van der Waals surface area contributed by atoms with Gasteiger partial charge in [0, 0.05) is 17.8 Å². The van der Waals surface area contributed by atoms with Crippen molar-refractivity contribution in [2.45, 2.75) is 39.2 Å². The van der Waals surface area contributed by atoms with E-state index >= 15 is 0 Å². The zero-order valence-electron chi connectivity index (χ0n) is 10.1. The van der Waals surface area contributed by atoms with E-state index in [4.69, 9.17) is 0 Å². The molecule has 1 fully saturated rings. The topological polar surface area (TPSA) is 68.1 Å². The van der Waals surface area contributed by atoms with Crippen LogP contribution in [0.4, 0.5) is 11.5 Å². The fraction of sp³-hybridized carbons (Fsp3) is 0.583. The monoisotopic (exact) mass is 235 g/mol. The van der Waals surface area contributed by atoms with Crippen molar-refractivity contribution in [2.75, 3.05) is 5.32 Å². The van der Waals surface area contributed by atoms with Gasteiger partial charge in [-0.2, -0.15) is 0 Å². The molecule has 2 atom stereocenters. The van der Waals surface area contributed by atoms with Crippen molar-refractivity contribution in [3.63, 3.8) is 0 Å². The molecule has 0 amide bonds. The van der Waals surface area contributed by atoms with Crippen LogP contribution in [0.25, 0.3) is 0 Å². The Morgan fingerprint density at radius 1 is 1.59 bits per heavy atom. The average molecular weight is 235 g/mol. The number of hydrogen-bond acceptors (Lipinski definition) is 4. The van der Waals surface area contributed by atoms with E-state index in [1.54, 1.807) is 6.07 Å². The molecule has 1 aliphatic rings. The van der Waals surface area contributed by atoms with Crippen LogP contribution in [0.15, 0.2) is 12.1 Å². The van der Waals surface area contributed by atoms with Crippen molar-refractivity contribution in [1.29, 1.82) is 0 Å². The lowest BCUT2D eigenvalue weighted by molar-refractivity contribution is -0.384. The minimum Gasteiger partial charge on any atom is -0.361 e. The van der Waals surface area contributed by atoms with Gasteiger partial charge in [-0.05, 0) is 31.7 Å². The molecule has 1 N–H and O–H groups in total. The largest absolute Gasteiger partial charge is 0.361 e. The van der Waals surface area contributed by atoms with Crippen molar-refractivity contribution in [3.8, 4) is 0 Å². The van der Waals surface area contributed by atoms with Crippen LogP contribution in [0.5, 0.6) is 0 Å². The van der Waals surface area contributed by atoms with Crippen LogP contribution < -0.4 is 5.32 Å². The third kappa shape index (κ3) is 2.72. The van der Waals surface area contributed by atoms with E-state index < -0.39 is 0 Å². The van der Waals surface area contributed by atoms with Gasteiger partial charge in [-0.15, -0.1) is 0 Å². The summed E-state index contributed by atoms with van der Waals surface area (Å²) in [5, 5.41) is 14.1. The van der Waals surface area contributed by atoms with Gasteiger partial charge in [-0.1, -0.05) is 13.3 Å². The molecule has 5 heteroatoms. The van der Waals surface area contributed by atoms with Crippen LogP contribution in [0.2, 0.25) is 0 Å². The average Bonchev–Trinajstić information content (AvgIpc) is 2.96. The minimum absolute atomic E-state index is 0.0674. The van der Waals surface area contributed by atoms with Gasteiger partial charge in [0.25, 0.3) is 0 Å². The summed E-state index contributed by atoms with van der Waals surface area (Å²) < 4.78 is 0. The predicted octanol–water partition coefficient (Wildman–Crippen LogP) is 2.90. The Morgan fingerprint density at radius 2 is 2.35 bits per heavy atom. The molecular formula is C12H17N3O2. The lowest BCUT2D eigenvalue weighted by Gasteiger charge is -2.06. The highest BCUT2D eigenvalue weighted by Gasteiger charge is 2.37. The highest BCUT2D eigenvalue weighted by Crippen LogP contribution is 2.38. The molecule has 0 aromatic carbocycles. The standard InChI is InChI=1S/C12H17N3O2/c1-3-4-9-7-10(9)14-12-11(15(16)17)6-5-8(2)13-12/h5-6,9-10H,3-4,7H2,1-2H3,(H,13,14). The van der Waals surface area contributed by atoms with Crippen molar-refractivity contribution in [3.05, 3.63) is 27.9 Å². The molecule has 1 saturated carbocycles. The van der Waals surface area contributed by atoms with E-state index in [9.17, 15) is 10.1 Å². The van der Waals surface area contributed by atoms with Crippen LogP contribution in [0.1, 0.15) is 31.9 Å². The first-order valence-corrected chi connectivity index (χ1v) is 6.00. The maximum absolute atomic E-state index is 10.9. The molecule has 0 saturated heterocycles. The molecule has 17 heavy (non-hydrogen) atoms. The summed E-state index contributed by atoms with van der Waals surface area (Å²) in [6.45, 7) is 3.99. The third-order valence-electron chi connectivity index (χ3n) is 3.11. The summed E-state index contributed by atoms with van der Waals surface area (Å²) in [4.78, 5) is 14.7. The number of aromatic nitrogens is 1. The number of pyridine rings is 1. The fourth-order valence-corrected chi connectivity index (χ4v) is 2.09. The molecule has 1 aromatic rings. The number of aryl methyl sites for hydroxylation is 1. The van der Waals surface area contributed by atoms with Crippen LogP contribution in [-0.4, -0.2) is 15.9 Å². The number of hydrogen-bond donors (Lipinski definition) is 1. The summed E-state index contributed by atoms with van der Waals surface area (Å²) in [6, 6.07) is 3.55. The molecule has 0 spiro atoms. The Morgan fingerprint density at radius 3 is 3.00 bits per heavy atom. The van der Waals surface area contributed by atoms with Crippen molar-refractivity contribution < 1.29 is 4.92 Å². The SMILES string of the molecule is CCCC1CC1Nc1nc(C)ccc1[N+](=O)[O-]. The molecule has 2 rings (SSSR count). The molecule has 1 heterocycles. The van der Waals surface area contributed by atoms with E-state index in [0.717, 1.165) is 18.5 Å². The van der Waals surface area contributed by atoms with Gasteiger partial charge >= 0.3 is 5.69 Å². The second kappa shape index (κ2) is 4.69. The van der Waals surface area contributed by atoms with Gasteiger partial charge in [-0.3, -0.25) is 10.1 Å².